The van der Waals surface area contributed by atoms with E-state index in [4.69, 9.17) is 23.2 Å². The van der Waals surface area contributed by atoms with Gasteiger partial charge < -0.3 is 14.4 Å². The molecule has 0 fully saturated rings. The summed E-state index contributed by atoms with van der Waals surface area (Å²) >= 11 is 12.2. The van der Waals surface area contributed by atoms with Gasteiger partial charge in [0.15, 0.2) is 0 Å². The summed E-state index contributed by atoms with van der Waals surface area (Å²) < 4.78 is 2.18. The number of carbonyl (C=O) groups excluding carboxylic acids is 2. The Morgan fingerprint density at radius 2 is 1.78 bits per heavy atom. The lowest BCUT2D eigenvalue weighted by Crippen LogP contribution is -2.46. The molecule has 0 bridgehead atoms. The Morgan fingerprint density at radius 1 is 1.00 bits per heavy atom. The van der Waals surface area contributed by atoms with E-state index in [0.717, 1.165) is 25.1 Å². The van der Waals surface area contributed by atoms with Crippen LogP contribution in [0.15, 0.2) is 60.8 Å². The van der Waals surface area contributed by atoms with E-state index in [2.05, 4.69) is 48.7 Å². The van der Waals surface area contributed by atoms with Crippen LogP contribution in [0.5, 0.6) is 0 Å². The second kappa shape index (κ2) is 13.0. The van der Waals surface area contributed by atoms with E-state index < -0.39 is 0 Å². The topological polar surface area (TPSA) is 45.6 Å². The summed E-state index contributed by atoms with van der Waals surface area (Å²) in [5.74, 6) is -0.316. The Hall–Kier alpha value is -2.76. The molecule has 3 rings (SSSR count). The molecular weight excluding hydrogens is 493 g/mol. The van der Waals surface area contributed by atoms with Gasteiger partial charge in [-0.1, -0.05) is 66.4 Å². The first-order valence-electron chi connectivity index (χ1n) is 12.4. The van der Waals surface area contributed by atoms with E-state index in [-0.39, 0.29) is 24.4 Å². The first-order valence-corrected chi connectivity index (χ1v) is 13.2. The molecule has 5 nitrogen and oxygen atoms in total. The zero-order valence-electron chi connectivity index (χ0n) is 21.5. The number of benzene rings is 2. The fourth-order valence-corrected chi connectivity index (χ4v) is 4.42. The summed E-state index contributed by atoms with van der Waals surface area (Å²) in [5.41, 5.74) is 3.92. The number of hydrogen-bond donors (Lipinski definition) is 0. The maximum absolute atomic E-state index is 13.5. The zero-order valence-corrected chi connectivity index (χ0v) is 23.0. The van der Waals surface area contributed by atoms with Crippen molar-refractivity contribution in [3.05, 3.63) is 93.2 Å². The van der Waals surface area contributed by atoms with Gasteiger partial charge in [0, 0.05) is 36.6 Å². The molecule has 0 aliphatic carbocycles. The third kappa shape index (κ3) is 7.37. The minimum Gasteiger partial charge on any atom is -0.345 e. The molecule has 0 saturated heterocycles. The maximum atomic E-state index is 13.5. The van der Waals surface area contributed by atoms with Crippen LogP contribution in [0, 0.1) is 6.92 Å². The minimum absolute atomic E-state index is 0.000944. The van der Waals surface area contributed by atoms with Gasteiger partial charge in [-0.05, 0) is 63.1 Å². The summed E-state index contributed by atoms with van der Waals surface area (Å²) in [7, 11) is 0. The molecule has 0 saturated carbocycles. The number of aromatic nitrogens is 1. The van der Waals surface area contributed by atoms with E-state index in [0.29, 0.717) is 28.7 Å². The predicted octanol–water partition coefficient (Wildman–Crippen LogP) is 6.83. The number of unbranched alkanes of at least 4 members (excludes halogenated alkanes) is 1. The molecule has 0 N–H and O–H groups in total. The second-order valence-corrected chi connectivity index (χ2v) is 10.3. The van der Waals surface area contributed by atoms with Gasteiger partial charge in [-0.15, -0.1) is 0 Å². The number of amides is 2. The van der Waals surface area contributed by atoms with E-state index in [9.17, 15) is 9.59 Å². The molecule has 0 aliphatic rings. The summed E-state index contributed by atoms with van der Waals surface area (Å²) in [5, 5.41) is 0.705. The van der Waals surface area contributed by atoms with Crippen LogP contribution in [0.1, 0.15) is 60.8 Å². The molecule has 1 aromatic heterocycles. The minimum atomic E-state index is -0.241. The van der Waals surface area contributed by atoms with Crippen molar-refractivity contribution in [1.29, 1.82) is 0 Å². The lowest BCUT2D eigenvalue weighted by Gasteiger charge is -2.30. The van der Waals surface area contributed by atoms with Gasteiger partial charge in [-0.25, -0.2) is 0 Å². The van der Waals surface area contributed by atoms with E-state index in [1.54, 1.807) is 23.1 Å². The number of halogens is 2. The summed E-state index contributed by atoms with van der Waals surface area (Å²) in [6.07, 6.45) is 3.92. The average Bonchev–Trinajstić information content (AvgIpc) is 3.27. The maximum Gasteiger partial charge on any atom is 0.254 e. The Morgan fingerprint density at radius 3 is 2.44 bits per heavy atom. The molecule has 0 atom stereocenters. The average molecular weight is 529 g/mol. The van der Waals surface area contributed by atoms with Crippen LogP contribution in [0.25, 0.3) is 0 Å². The van der Waals surface area contributed by atoms with Crippen molar-refractivity contribution in [3.63, 3.8) is 0 Å². The summed E-state index contributed by atoms with van der Waals surface area (Å²) in [6, 6.07) is 17.2. The van der Waals surface area contributed by atoms with Gasteiger partial charge in [0.25, 0.3) is 5.91 Å². The Labute approximate surface area is 224 Å². The third-order valence-corrected chi connectivity index (χ3v) is 6.94. The van der Waals surface area contributed by atoms with Crippen molar-refractivity contribution in [1.82, 2.24) is 14.4 Å². The number of carbonyl (C=O) groups is 2. The van der Waals surface area contributed by atoms with Gasteiger partial charge >= 0.3 is 0 Å². The van der Waals surface area contributed by atoms with Crippen molar-refractivity contribution >= 4 is 35.0 Å². The molecule has 2 aromatic carbocycles. The molecule has 0 unspecified atom stereocenters. The highest BCUT2D eigenvalue weighted by atomic mass is 35.5. The molecule has 0 radical (unpaired) electrons. The first-order chi connectivity index (χ1) is 17.2. The Kier molecular flexibility index (Phi) is 10.0. The van der Waals surface area contributed by atoms with Crippen LogP contribution in [0.2, 0.25) is 10.0 Å². The molecular formula is C29H35Cl2N3O2. The van der Waals surface area contributed by atoms with Crippen LogP contribution in [-0.2, 0) is 17.9 Å². The van der Waals surface area contributed by atoms with Crippen molar-refractivity contribution in [2.24, 2.45) is 0 Å². The number of nitrogens with zero attached hydrogens (tertiary/aromatic N) is 3. The molecule has 2 amide bonds. The molecule has 0 spiro atoms. The smallest absolute Gasteiger partial charge is 0.254 e. The number of aryl methyl sites for hydroxylation is 1. The van der Waals surface area contributed by atoms with Gasteiger partial charge in [0.2, 0.25) is 5.91 Å². The lowest BCUT2D eigenvalue weighted by molar-refractivity contribution is -0.133. The van der Waals surface area contributed by atoms with E-state index in [1.807, 2.05) is 31.0 Å². The quantitative estimate of drug-likeness (QED) is 0.274. The molecule has 0 aliphatic heterocycles. The SMILES string of the molecule is CCCCN(Cc1cccn1Cc1cccc(C)c1)C(=O)CN(C(=O)c1ccc(Cl)c(Cl)c1)C(C)C. The second-order valence-electron chi connectivity index (χ2n) is 9.44. The molecule has 192 valence electrons. The largest absolute Gasteiger partial charge is 0.345 e. The fraction of sp³-hybridized carbons (Fsp3) is 0.379. The summed E-state index contributed by atoms with van der Waals surface area (Å²) in [6.45, 7) is 9.88. The molecule has 36 heavy (non-hydrogen) atoms. The van der Waals surface area contributed by atoms with Gasteiger partial charge in [0.1, 0.15) is 6.54 Å². The van der Waals surface area contributed by atoms with E-state index in [1.165, 1.54) is 11.1 Å². The highest BCUT2D eigenvalue weighted by Crippen LogP contribution is 2.24. The zero-order chi connectivity index (χ0) is 26.2. The highest BCUT2D eigenvalue weighted by molar-refractivity contribution is 6.42. The Bertz CT molecular complexity index is 1190. The number of rotatable bonds is 11. The first kappa shape index (κ1) is 27.8. The normalized spacial score (nSPS) is 11.1. The van der Waals surface area contributed by atoms with Crippen LogP contribution in [-0.4, -0.2) is 45.3 Å². The van der Waals surface area contributed by atoms with Crippen LogP contribution >= 0.6 is 23.2 Å². The van der Waals surface area contributed by atoms with Gasteiger partial charge in [0.05, 0.1) is 16.6 Å². The lowest BCUT2D eigenvalue weighted by atomic mass is 10.1. The predicted molar refractivity (Wildman–Crippen MR) is 148 cm³/mol. The van der Waals surface area contributed by atoms with Gasteiger partial charge in [-0.2, -0.15) is 0 Å². The molecule has 3 aromatic rings. The fourth-order valence-electron chi connectivity index (χ4n) is 4.12. The van der Waals surface area contributed by atoms with Crippen LogP contribution in [0.4, 0.5) is 0 Å². The van der Waals surface area contributed by atoms with Crippen molar-refractivity contribution in [3.8, 4) is 0 Å². The van der Waals surface area contributed by atoms with Crippen molar-refractivity contribution in [2.75, 3.05) is 13.1 Å². The van der Waals surface area contributed by atoms with Crippen LogP contribution in [0.3, 0.4) is 0 Å². The third-order valence-electron chi connectivity index (χ3n) is 6.20. The Balaban J connectivity index is 1.77. The molecule has 1 heterocycles. The monoisotopic (exact) mass is 527 g/mol. The van der Waals surface area contributed by atoms with Crippen molar-refractivity contribution in [2.45, 2.75) is 59.7 Å². The number of hydrogen-bond acceptors (Lipinski definition) is 2. The highest BCUT2D eigenvalue weighted by Gasteiger charge is 2.25. The van der Waals surface area contributed by atoms with Gasteiger partial charge in [-0.3, -0.25) is 9.59 Å². The van der Waals surface area contributed by atoms with Crippen molar-refractivity contribution < 1.29 is 9.59 Å². The summed E-state index contributed by atoms with van der Waals surface area (Å²) in [4.78, 5) is 30.3. The van der Waals surface area contributed by atoms with E-state index >= 15 is 0 Å². The molecule has 7 heteroatoms. The standard InChI is InChI=1S/C29H35Cl2N3O2/c1-5-6-14-33(19-25-11-8-15-32(25)18-23-10-7-9-22(4)16-23)28(35)20-34(21(2)3)29(36)24-12-13-26(30)27(31)17-24/h7-13,15-17,21H,5-6,14,18-20H2,1-4H3. The van der Waals surface area contributed by atoms with Crippen LogP contribution < -0.4 is 0 Å².